The number of carboxylic acids is 8. The summed E-state index contributed by atoms with van der Waals surface area (Å²) in [5.41, 5.74) is 11.2. The predicted octanol–water partition coefficient (Wildman–Crippen LogP) is 12.3. The monoisotopic (exact) mass is 1550 g/mol. The van der Waals surface area contributed by atoms with E-state index >= 15 is 0 Å². The second kappa shape index (κ2) is 49.8. The van der Waals surface area contributed by atoms with Crippen LogP contribution in [0, 0.1) is 48.5 Å². The van der Waals surface area contributed by atoms with Crippen LogP contribution in [0.1, 0.15) is 170 Å². The second-order valence-electron chi connectivity index (χ2n) is 24.5. The van der Waals surface area contributed by atoms with E-state index in [2.05, 4.69) is 42.0 Å². The largest absolute Gasteiger partial charge is 0.481 e. The maximum absolute atomic E-state index is 12.3. The number of carbonyl (C=O) groups is 16. The van der Waals surface area contributed by atoms with E-state index in [-0.39, 0.29) is 124 Å². The number of esters is 1. The van der Waals surface area contributed by atoms with Crippen molar-refractivity contribution in [1.82, 2.24) is 0 Å². The number of hydrogen-bond acceptors (Lipinski definition) is 17. The van der Waals surface area contributed by atoms with Crippen molar-refractivity contribution in [2.24, 2.45) is 0 Å². The lowest BCUT2D eigenvalue weighted by molar-refractivity contribution is -0.138. The van der Waals surface area contributed by atoms with Crippen LogP contribution in [0.4, 0.5) is 39.8 Å². The van der Waals surface area contributed by atoms with Crippen LogP contribution in [0.3, 0.4) is 0 Å². The van der Waals surface area contributed by atoms with Crippen LogP contribution in [0.15, 0.2) is 146 Å². The van der Waals surface area contributed by atoms with Crippen molar-refractivity contribution in [1.29, 1.82) is 0 Å². The number of ether oxygens (including phenoxy) is 1. The van der Waals surface area contributed by atoms with Crippen LogP contribution in [0.5, 0.6) is 0 Å². The molecule has 7 aromatic carbocycles. The smallest absolute Gasteiger partial charge is 0.339 e. The van der Waals surface area contributed by atoms with Crippen molar-refractivity contribution >= 4 is 135 Å². The van der Waals surface area contributed by atoms with Gasteiger partial charge in [-0.2, -0.15) is 0 Å². The number of nitrogens with one attached hydrogen (secondary N) is 7. The van der Waals surface area contributed by atoms with E-state index in [4.69, 9.17) is 40.9 Å². The van der Waals surface area contributed by atoms with Crippen LogP contribution in [0.2, 0.25) is 0 Å². The summed E-state index contributed by atoms with van der Waals surface area (Å²) < 4.78 is 4.57. The molecular formula is C80H91N7O25. The number of aryl methyl sites for hydroxylation is 7. The van der Waals surface area contributed by atoms with Gasteiger partial charge in [-0.3, -0.25) is 62.3 Å². The van der Waals surface area contributed by atoms with E-state index in [1.54, 1.807) is 68.4 Å². The first-order valence-corrected chi connectivity index (χ1v) is 34.3. The fraction of sp³-hybridized carbons (Fsp3) is 0.275. The predicted molar refractivity (Wildman–Crippen MR) is 414 cm³/mol. The van der Waals surface area contributed by atoms with Gasteiger partial charge >= 0.3 is 53.7 Å². The third-order valence-corrected chi connectivity index (χ3v) is 15.1. The number of aromatic carboxylic acids is 2. The number of carboxylic acid groups (broad SMARTS) is 8. The Labute approximate surface area is 644 Å². The number of carbonyl (C=O) groups excluding carboxylic acids is 8. The van der Waals surface area contributed by atoms with E-state index in [9.17, 15) is 76.7 Å². The minimum absolute atomic E-state index is 0.00207. The van der Waals surface area contributed by atoms with Gasteiger partial charge in [0.25, 0.3) is 5.91 Å². The molecule has 0 radical (unpaired) electrons. The summed E-state index contributed by atoms with van der Waals surface area (Å²) in [5, 5.41) is 87.0. The first-order chi connectivity index (χ1) is 52.8. The Morgan fingerprint density at radius 2 is 0.625 bits per heavy atom. The Bertz CT molecular complexity index is 4510. The molecule has 0 aromatic heterocycles. The summed E-state index contributed by atoms with van der Waals surface area (Å²) >= 11 is 0. The van der Waals surface area contributed by atoms with Crippen LogP contribution >= 0.6 is 0 Å². The molecule has 0 bridgehead atoms. The van der Waals surface area contributed by atoms with Gasteiger partial charge in [-0.1, -0.05) is 84.4 Å². The summed E-state index contributed by atoms with van der Waals surface area (Å²) in [7, 11) is 1.24. The van der Waals surface area contributed by atoms with Gasteiger partial charge in [0.05, 0.1) is 55.2 Å². The molecule has 0 aliphatic rings. The van der Waals surface area contributed by atoms with Gasteiger partial charge in [0.1, 0.15) is 0 Å². The Morgan fingerprint density at radius 3 is 1.02 bits per heavy atom. The molecular weight excluding hydrogens is 1460 g/mol. The van der Waals surface area contributed by atoms with E-state index in [0.29, 0.717) is 40.3 Å². The molecule has 0 spiro atoms. The normalized spacial score (nSPS) is 9.89. The lowest BCUT2D eigenvalue weighted by Gasteiger charge is -2.12. The van der Waals surface area contributed by atoms with Gasteiger partial charge in [0, 0.05) is 91.1 Å². The van der Waals surface area contributed by atoms with Crippen molar-refractivity contribution in [2.75, 3.05) is 44.3 Å². The lowest BCUT2D eigenvalue weighted by Crippen LogP contribution is -2.16. The number of anilines is 7. The number of methoxy groups -OCH3 is 1. The van der Waals surface area contributed by atoms with E-state index in [0.717, 1.165) is 50.4 Å². The van der Waals surface area contributed by atoms with Crippen molar-refractivity contribution < 1.29 is 122 Å². The average Bonchev–Trinajstić information content (AvgIpc) is 0.886. The van der Waals surface area contributed by atoms with Crippen molar-refractivity contribution in [3.63, 3.8) is 0 Å². The van der Waals surface area contributed by atoms with Gasteiger partial charge in [-0.25, -0.2) is 14.4 Å². The van der Waals surface area contributed by atoms with Crippen LogP contribution in [-0.4, -0.2) is 143 Å². The molecule has 7 rings (SSSR count). The summed E-state index contributed by atoms with van der Waals surface area (Å²) in [6.45, 7) is 13.1. The van der Waals surface area contributed by atoms with Gasteiger partial charge in [-0.15, -0.1) is 0 Å². The highest BCUT2D eigenvalue weighted by Crippen LogP contribution is 2.24. The third kappa shape index (κ3) is 39.1. The maximum Gasteiger partial charge on any atom is 0.339 e. The molecule has 596 valence electrons. The number of benzene rings is 7. The summed E-state index contributed by atoms with van der Waals surface area (Å²) in [5.74, 6) is -11.0. The highest BCUT2D eigenvalue weighted by Gasteiger charge is 2.18. The van der Waals surface area contributed by atoms with Gasteiger partial charge in [0.15, 0.2) is 0 Å². The molecule has 0 fully saturated rings. The zero-order chi connectivity index (χ0) is 84.2. The van der Waals surface area contributed by atoms with Crippen molar-refractivity contribution in [3.8, 4) is 0 Å². The molecule has 0 aliphatic carbocycles. The van der Waals surface area contributed by atoms with Crippen LogP contribution < -0.4 is 37.2 Å². The molecule has 112 heavy (non-hydrogen) atoms. The quantitative estimate of drug-likeness (QED) is 0.0179. The first-order valence-electron chi connectivity index (χ1n) is 34.3. The Balaban J connectivity index is 0.000000458. The van der Waals surface area contributed by atoms with Crippen molar-refractivity contribution in [2.45, 2.75) is 138 Å². The summed E-state index contributed by atoms with van der Waals surface area (Å²) in [4.78, 5) is 176. The second-order valence-corrected chi connectivity index (χ2v) is 24.5. The molecule has 7 aromatic rings. The standard InChI is InChI=1S/C18H18N2O4.C13H15NO5.C13H17NO3.2C12H13NO5.C12H15NO3/c1-12-5-2-3-8-15(12)20-18(24)13-6-4-7-14(11-13)19-16(21)9-10-17(22)23;1-8-5-6-9(13(18)19)7-10(8)14-11(15)3-2-4-12(16)17;1-8-6-9(2)13(10(3)7-8)14-11(15)4-5-12(16)17;1-7-2-3-8(12(17)18)6-9(7)13-10(14)4-5-11(15)16;1-18-12(17)8-4-2-3-5-9(8)13-10(14)6-7-11(15)16;1-9-5-2-3-6-10(9)13-11(14)7-4-8-12(15)16/h2-8,11H,9-10H2,1H3,(H,19,21)(H,20,24)(H,22,23);5-7H,2-4H2,1H3,(H,14,15)(H,16,17)(H,18,19);6-7H,4-5H2,1-3H3,(H,14,15)(H,16,17);2-3,6H,4-5H2,1H3,(H,13,14)(H,15,16)(H,17,18);2-5H,6-7H2,1H3,(H,13,14)(H,15,16);2-3,5-6H,4,7-8H2,1H3,(H,13,14)(H,15,16). The molecule has 0 saturated carbocycles. The zero-order valence-electron chi connectivity index (χ0n) is 62.8. The van der Waals surface area contributed by atoms with E-state index in [1.165, 1.54) is 37.4 Å². The number of para-hydroxylation sites is 3. The Hall–Kier alpha value is -13.9. The minimum Gasteiger partial charge on any atom is -0.481 e. The Morgan fingerprint density at radius 1 is 0.286 bits per heavy atom. The van der Waals surface area contributed by atoms with Crippen LogP contribution in [0.25, 0.3) is 0 Å². The number of aliphatic carboxylic acids is 6. The topological polar surface area (TPSA) is 528 Å². The summed E-state index contributed by atoms with van der Waals surface area (Å²) in [6.07, 6.45) is -0.406. The average molecular weight is 1550 g/mol. The molecule has 0 unspecified atom stereocenters. The van der Waals surface area contributed by atoms with E-state index in [1.807, 2.05) is 95.3 Å². The number of rotatable bonds is 31. The molecule has 0 atom stereocenters. The SMILES string of the molecule is COC(=O)c1ccccc1NC(=O)CCC(=O)O.Cc1cc(C)c(NC(=O)CCC(=O)O)c(C)c1.Cc1ccc(C(=O)O)cc1NC(=O)CCC(=O)O.Cc1ccc(C(=O)O)cc1NC(=O)CCCC(=O)O.Cc1ccccc1NC(=O)CCCC(=O)O.Cc1ccccc1NC(=O)c1cccc(NC(=O)CCC(=O)O)c1. The lowest BCUT2D eigenvalue weighted by atomic mass is 10.0. The van der Waals surface area contributed by atoms with Gasteiger partial charge in [0.2, 0.25) is 35.4 Å². The summed E-state index contributed by atoms with van der Waals surface area (Å²) in [6, 6.07) is 40.5. The molecule has 7 amide bonds. The highest BCUT2D eigenvalue weighted by molar-refractivity contribution is 6.06. The van der Waals surface area contributed by atoms with Crippen molar-refractivity contribution in [3.05, 3.63) is 207 Å². The zero-order valence-corrected chi connectivity index (χ0v) is 62.8. The molecule has 15 N–H and O–H groups in total. The first kappa shape index (κ1) is 94.1. The molecule has 0 aliphatic heterocycles. The molecule has 0 heterocycles. The van der Waals surface area contributed by atoms with Crippen LogP contribution in [-0.2, 0) is 62.3 Å². The van der Waals surface area contributed by atoms with Gasteiger partial charge < -0.3 is 82.8 Å². The number of amides is 7. The fourth-order valence-corrected chi connectivity index (χ4v) is 9.35. The molecule has 32 nitrogen and oxygen atoms in total. The third-order valence-electron chi connectivity index (χ3n) is 15.1. The van der Waals surface area contributed by atoms with E-state index < -0.39 is 71.4 Å². The fourth-order valence-electron chi connectivity index (χ4n) is 9.35. The molecule has 0 saturated heterocycles. The van der Waals surface area contributed by atoms with Gasteiger partial charge in [-0.05, 0) is 161 Å². The Kier molecular flexibility index (Phi) is 41.9. The molecule has 32 heteroatoms. The number of hydrogen-bond donors (Lipinski definition) is 15. The maximum atomic E-state index is 12.3. The highest BCUT2D eigenvalue weighted by atomic mass is 16.5. The minimum atomic E-state index is -1.09.